The first-order chi connectivity index (χ1) is 10.6. The molecule has 2 aromatic rings. The Morgan fingerprint density at radius 1 is 1.05 bits per heavy atom. The average molecular weight is 297 g/mol. The van der Waals surface area contributed by atoms with E-state index in [0.29, 0.717) is 12.1 Å². The molecule has 0 spiro atoms. The summed E-state index contributed by atoms with van der Waals surface area (Å²) in [6, 6.07) is 14.5. The molecule has 0 unspecified atom stereocenters. The standard InChI is InChI=1S/C18H19NO3/c20-16-10-8-15(13-17(16)21)9-11-18(22)19-12-4-7-14-5-2-1-3-6-14/h1-3,5-6,8-11,13,20-21H,4,7,12H2,(H,19,22)/b11-9+. The number of phenolic OH excluding ortho intramolecular Hbond substituents is 2. The molecule has 1 amide bonds. The maximum atomic E-state index is 11.7. The van der Waals surface area contributed by atoms with E-state index in [4.69, 9.17) is 0 Å². The molecule has 4 heteroatoms. The van der Waals surface area contributed by atoms with Crippen molar-refractivity contribution < 1.29 is 15.0 Å². The molecule has 114 valence electrons. The summed E-state index contributed by atoms with van der Waals surface area (Å²) in [6.07, 6.45) is 4.81. The molecular formula is C18H19NO3. The molecule has 0 saturated heterocycles. The third kappa shape index (κ3) is 4.98. The SMILES string of the molecule is O=C(/C=C/c1ccc(O)c(O)c1)NCCCc1ccccc1. The first-order valence-electron chi connectivity index (χ1n) is 7.17. The number of carbonyl (C=O) groups excluding carboxylic acids is 1. The van der Waals surface area contributed by atoms with Crippen LogP contribution in [0.3, 0.4) is 0 Å². The Morgan fingerprint density at radius 2 is 1.82 bits per heavy atom. The van der Waals surface area contributed by atoms with E-state index in [-0.39, 0.29) is 17.4 Å². The van der Waals surface area contributed by atoms with Crippen molar-refractivity contribution in [2.45, 2.75) is 12.8 Å². The number of carbonyl (C=O) groups is 1. The largest absolute Gasteiger partial charge is 0.504 e. The summed E-state index contributed by atoms with van der Waals surface area (Å²) in [7, 11) is 0. The highest BCUT2D eigenvalue weighted by Gasteiger charge is 1.99. The summed E-state index contributed by atoms with van der Waals surface area (Å²) >= 11 is 0. The van der Waals surface area contributed by atoms with E-state index in [1.807, 2.05) is 18.2 Å². The Balaban J connectivity index is 1.73. The molecule has 0 aromatic heterocycles. The van der Waals surface area contributed by atoms with Gasteiger partial charge in [0.05, 0.1) is 0 Å². The highest BCUT2D eigenvalue weighted by molar-refractivity contribution is 5.91. The van der Waals surface area contributed by atoms with E-state index >= 15 is 0 Å². The smallest absolute Gasteiger partial charge is 0.243 e. The number of aromatic hydroxyl groups is 2. The average Bonchev–Trinajstić information content (AvgIpc) is 2.54. The van der Waals surface area contributed by atoms with Crippen LogP contribution in [0.4, 0.5) is 0 Å². The van der Waals surface area contributed by atoms with E-state index in [0.717, 1.165) is 12.8 Å². The van der Waals surface area contributed by atoms with Crippen LogP contribution in [-0.4, -0.2) is 22.7 Å². The Morgan fingerprint density at radius 3 is 2.55 bits per heavy atom. The van der Waals surface area contributed by atoms with E-state index in [1.165, 1.54) is 23.8 Å². The van der Waals surface area contributed by atoms with Gasteiger partial charge in [0.15, 0.2) is 11.5 Å². The molecular weight excluding hydrogens is 278 g/mol. The van der Waals surface area contributed by atoms with E-state index in [2.05, 4.69) is 17.4 Å². The summed E-state index contributed by atoms with van der Waals surface area (Å²) < 4.78 is 0. The van der Waals surface area contributed by atoms with Crippen molar-refractivity contribution in [1.29, 1.82) is 0 Å². The van der Waals surface area contributed by atoms with Gasteiger partial charge in [0.25, 0.3) is 0 Å². The van der Waals surface area contributed by atoms with Crippen LogP contribution in [0, 0.1) is 0 Å². The number of hydrogen-bond donors (Lipinski definition) is 3. The number of nitrogens with one attached hydrogen (secondary N) is 1. The van der Waals surface area contributed by atoms with Gasteiger partial charge in [-0.2, -0.15) is 0 Å². The first-order valence-corrected chi connectivity index (χ1v) is 7.17. The van der Waals surface area contributed by atoms with Crippen LogP contribution in [0.15, 0.2) is 54.6 Å². The lowest BCUT2D eigenvalue weighted by atomic mass is 10.1. The second-order valence-corrected chi connectivity index (χ2v) is 4.96. The van der Waals surface area contributed by atoms with Crippen LogP contribution >= 0.6 is 0 Å². The molecule has 2 rings (SSSR count). The molecule has 0 aliphatic rings. The molecule has 2 aromatic carbocycles. The molecule has 0 aliphatic carbocycles. The molecule has 3 N–H and O–H groups in total. The number of aryl methyl sites for hydroxylation is 1. The molecule has 0 fully saturated rings. The van der Waals surface area contributed by atoms with Gasteiger partial charge < -0.3 is 15.5 Å². The molecule has 0 heterocycles. The Kier molecular flexibility index (Phi) is 5.60. The quantitative estimate of drug-likeness (QED) is 0.436. The molecule has 0 atom stereocenters. The van der Waals surface area contributed by atoms with Gasteiger partial charge in [-0.15, -0.1) is 0 Å². The molecule has 0 saturated carbocycles. The summed E-state index contributed by atoms with van der Waals surface area (Å²) in [5.74, 6) is -0.562. The summed E-state index contributed by atoms with van der Waals surface area (Å²) in [5.41, 5.74) is 1.90. The van der Waals surface area contributed by atoms with E-state index < -0.39 is 0 Å². The fourth-order valence-electron chi connectivity index (χ4n) is 2.02. The van der Waals surface area contributed by atoms with Gasteiger partial charge in [-0.25, -0.2) is 0 Å². The van der Waals surface area contributed by atoms with Crippen molar-refractivity contribution >= 4 is 12.0 Å². The fraction of sp³-hybridized carbons (Fsp3) is 0.167. The molecule has 4 nitrogen and oxygen atoms in total. The number of phenols is 2. The van der Waals surface area contributed by atoms with E-state index in [1.54, 1.807) is 12.1 Å². The third-order valence-electron chi connectivity index (χ3n) is 3.21. The monoisotopic (exact) mass is 297 g/mol. The Bertz CT molecular complexity index is 651. The zero-order valence-electron chi connectivity index (χ0n) is 12.2. The van der Waals surface area contributed by atoms with Crippen LogP contribution in [0.25, 0.3) is 6.08 Å². The van der Waals surface area contributed by atoms with Gasteiger partial charge in [0.1, 0.15) is 0 Å². The third-order valence-corrected chi connectivity index (χ3v) is 3.21. The van der Waals surface area contributed by atoms with Gasteiger partial charge in [-0.1, -0.05) is 36.4 Å². The predicted molar refractivity (Wildman–Crippen MR) is 86.6 cm³/mol. The first kappa shape index (κ1) is 15.6. The van der Waals surface area contributed by atoms with Gasteiger partial charge in [0.2, 0.25) is 5.91 Å². The van der Waals surface area contributed by atoms with Crippen molar-refractivity contribution in [2.24, 2.45) is 0 Å². The van der Waals surface area contributed by atoms with Crippen molar-refractivity contribution in [2.75, 3.05) is 6.54 Å². The minimum absolute atomic E-state index is 0.178. The number of amides is 1. The maximum absolute atomic E-state index is 11.7. The number of hydrogen-bond acceptors (Lipinski definition) is 3. The lowest BCUT2D eigenvalue weighted by molar-refractivity contribution is -0.116. The highest BCUT2D eigenvalue weighted by Crippen LogP contribution is 2.25. The van der Waals surface area contributed by atoms with Gasteiger partial charge in [0, 0.05) is 12.6 Å². The maximum Gasteiger partial charge on any atom is 0.243 e. The topological polar surface area (TPSA) is 69.6 Å². The van der Waals surface area contributed by atoms with Crippen molar-refractivity contribution in [3.05, 3.63) is 65.7 Å². The summed E-state index contributed by atoms with van der Waals surface area (Å²) in [6.45, 7) is 0.610. The van der Waals surface area contributed by atoms with Crippen LogP contribution in [0.5, 0.6) is 11.5 Å². The zero-order chi connectivity index (χ0) is 15.8. The predicted octanol–water partition coefficient (Wildman–Crippen LogP) is 2.86. The number of rotatable bonds is 6. The van der Waals surface area contributed by atoms with Crippen LogP contribution in [0.2, 0.25) is 0 Å². The summed E-state index contributed by atoms with van der Waals surface area (Å²) in [5, 5.41) is 21.4. The number of benzene rings is 2. The van der Waals surface area contributed by atoms with Gasteiger partial charge >= 0.3 is 0 Å². The Labute approximate surface area is 129 Å². The fourth-order valence-corrected chi connectivity index (χ4v) is 2.02. The van der Waals surface area contributed by atoms with Crippen molar-refractivity contribution in [1.82, 2.24) is 5.32 Å². The second kappa shape index (κ2) is 7.88. The van der Waals surface area contributed by atoms with Gasteiger partial charge in [-0.3, -0.25) is 4.79 Å². The zero-order valence-corrected chi connectivity index (χ0v) is 12.2. The lowest BCUT2D eigenvalue weighted by Crippen LogP contribution is -2.22. The molecule has 0 bridgehead atoms. The molecule has 0 radical (unpaired) electrons. The highest BCUT2D eigenvalue weighted by atomic mass is 16.3. The van der Waals surface area contributed by atoms with Crippen LogP contribution in [-0.2, 0) is 11.2 Å². The second-order valence-electron chi connectivity index (χ2n) is 4.96. The Hall–Kier alpha value is -2.75. The van der Waals surface area contributed by atoms with E-state index in [9.17, 15) is 15.0 Å². The minimum atomic E-state index is -0.203. The normalized spacial score (nSPS) is 10.7. The van der Waals surface area contributed by atoms with Gasteiger partial charge in [-0.05, 0) is 42.2 Å². The molecule has 22 heavy (non-hydrogen) atoms. The molecule has 0 aliphatic heterocycles. The summed E-state index contributed by atoms with van der Waals surface area (Å²) in [4.78, 5) is 11.7. The minimum Gasteiger partial charge on any atom is -0.504 e. The van der Waals surface area contributed by atoms with Crippen molar-refractivity contribution in [3.63, 3.8) is 0 Å². The van der Waals surface area contributed by atoms with Crippen LogP contribution < -0.4 is 5.32 Å². The lowest BCUT2D eigenvalue weighted by Gasteiger charge is -2.03. The van der Waals surface area contributed by atoms with Crippen molar-refractivity contribution in [3.8, 4) is 11.5 Å². The van der Waals surface area contributed by atoms with Crippen LogP contribution in [0.1, 0.15) is 17.5 Å².